The summed E-state index contributed by atoms with van der Waals surface area (Å²) in [5, 5.41) is 9.11. The Morgan fingerprint density at radius 2 is 1.93 bits per heavy atom. The summed E-state index contributed by atoms with van der Waals surface area (Å²) in [5.41, 5.74) is 1.63. The molecule has 0 saturated carbocycles. The van der Waals surface area contributed by atoms with Gasteiger partial charge in [0.25, 0.3) is 0 Å². The van der Waals surface area contributed by atoms with Crippen LogP contribution in [-0.4, -0.2) is 44.7 Å². The molecule has 0 spiro atoms. The fourth-order valence-corrected chi connectivity index (χ4v) is 2.94. The molecule has 0 fully saturated rings. The molecule has 1 aliphatic rings. The van der Waals surface area contributed by atoms with Crippen molar-refractivity contribution < 1.29 is 18.7 Å². The first-order chi connectivity index (χ1) is 14.6. The van der Waals surface area contributed by atoms with E-state index in [0.717, 1.165) is 17.7 Å². The van der Waals surface area contributed by atoms with Gasteiger partial charge in [0.2, 0.25) is 5.91 Å². The minimum absolute atomic E-state index is 0.00626. The summed E-state index contributed by atoms with van der Waals surface area (Å²) < 4.78 is 24.7. The third-order valence-corrected chi connectivity index (χ3v) is 4.36. The minimum Gasteiger partial charge on any atom is -0.490 e. The van der Waals surface area contributed by atoms with Crippen LogP contribution in [0.1, 0.15) is 18.9 Å². The molecule has 160 valence electrons. The summed E-state index contributed by atoms with van der Waals surface area (Å²) in [4.78, 5) is 16.2. The highest BCUT2D eigenvalue weighted by atomic mass is 19.1. The van der Waals surface area contributed by atoms with Gasteiger partial charge in [-0.25, -0.2) is 9.38 Å². The quantitative estimate of drug-likeness (QED) is 0.479. The molecule has 2 aromatic rings. The molecule has 0 bridgehead atoms. The Balaban J connectivity index is 1.66. The number of nitrogens with zero attached hydrogens (tertiary/aromatic N) is 1. The molecule has 0 unspecified atom stereocenters. The molecule has 0 aromatic heterocycles. The van der Waals surface area contributed by atoms with E-state index in [9.17, 15) is 9.18 Å². The Hall–Kier alpha value is -3.29. The maximum absolute atomic E-state index is 13.4. The highest BCUT2D eigenvalue weighted by Gasteiger charge is 2.12. The van der Waals surface area contributed by atoms with Crippen LogP contribution in [0, 0.1) is 5.82 Å². The molecular weight excluding hydrogens is 387 g/mol. The Kier molecular flexibility index (Phi) is 7.88. The van der Waals surface area contributed by atoms with Gasteiger partial charge in [0, 0.05) is 31.3 Å². The topological polar surface area (TPSA) is 84.0 Å². The van der Waals surface area contributed by atoms with Crippen molar-refractivity contribution in [3.05, 3.63) is 53.8 Å². The van der Waals surface area contributed by atoms with Gasteiger partial charge < -0.3 is 25.4 Å². The summed E-state index contributed by atoms with van der Waals surface area (Å²) >= 11 is 0. The number of hydrogen-bond donors (Lipinski definition) is 3. The molecule has 8 heteroatoms. The van der Waals surface area contributed by atoms with E-state index in [1.54, 1.807) is 6.07 Å². The van der Waals surface area contributed by atoms with Crippen molar-refractivity contribution in [3.8, 4) is 11.5 Å². The average Bonchev–Trinajstić information content (AvgIpc) is 2.97. The lowest BCUT2D eigenvalue weighted by Crippen LogP contribution is -2.34. The molecule has 3 rings (SSSR count). The van der Waals surface area contributed by atoms with E-state index in [1.807, 2.05) is 31.2 Å². The van der Waals surface area contributed by atoms with Crippen LogP contribution in [0.25, 0.3) is 0 Å². The number of halogens is 1. The molecular formula is C22H27FN4O3. The maximum Gasteiger partial charge on any atom is 0.241 e. The molecule has 3 N–H and O–H groups in total. The fourth-order valence-electron chi connectivity index (χ4n) is 2.94. The molecule has 0 aliphatic carbocycles. The number of carbonyl (C=O) groups excluding carboxylic acids is 1. The molecule has 1 aliphatic heterocycles. The third kappa shape index (κ3) is 6.65. The van der Waals surface area contributed by atoms with E-state index in [4.69, 9.17) is 9.47 Å². The Morgan fingerprint density at radius 3 is 2.73 bits per heavy atom. The molecule has 7 nitrogen and oxygen atoms in total. The Bertz CT molecular complexity index is 888. The minimum atomic E-state index is -0.261. The highest BCUT2D eigenvalue weighted by molar-refractivity contribution is 5.95. The lowest BCUT2D eigenvalue weighted by atomic mass is 10.1. The van der Waals surface area contributed by atoms with Gasteiger partial charge in [0.15, 0.2) is 17.5 Å². The predicted octanol–water partition coefficient (Wildman–Crippen LogP) is 2.72. The van der Waals surface area contributed by atoms with Gasteiger partial charge in [-0.15, -0.1) is 0 Å². The van der Waals surface area contributed by atoms with Crippen molar-refractivity contribution in [1.29, 1.82) is 0 Å². The zero-order valence-electron chi connectivity index (χ0n) is 17.0. The van der Waals surface area contributed by atoms with Gasteiger partial charge in [0.1, 0.15) is 12.4 Å². The predicted molar refractivity (Wildman–Crippen MR) is 115 cm³/mol. The molecule has 1 amide bonds. The van der Waals surface area contributed by atoms with Gasteiger partial charge in [-0.2, -0.15) is 0 Å². The van der Waals surface area contributed by atoms with Crippen LogP contribution in [0.4, 0.5) is 10.1 Å². The van der Waals surface area contributed by atoms with E-state index in [0.29, 0.717) is 50.2 Å². The SMILES string of the molecule is CCNC(=O)CN=C(NCCc1cccc(F)c1)Nc1ccc2c(c1)OCCCO2. The number of rotatable bonds is 7. The third-order valence-electron chi connectivity index (χ3n) is 4.36. The largest absolute Gasteiger partial charge is 0.490 e. The summed E-state index contributed by atoms with van der Waals surface area (Å²) in [6.07, 6.45) is 1.44. The fraction of sp³-hybridized carbons (Fsp3) is 0.364. The molecule has 1 heterocycles. The highest BCUT2D eigenvalue weighted by Crippen LogP contribution is 2.32. The number of hydrogen-bond acceptors (Lipinski definition) is 4. The summed E-state index contributed by atoms with van der Waals surface area (Å²) in [7, 11) is 0. The van der Waals surface area contributed by atoms with Crippen molar-refractivity contribution in [2.24, 2.45) is 4.99 Å². The number of benzene rings is 2. The number of guanidine groups is 1. The number of likely N-dealkylation sites (N-methyl/N-ethyl adjacent to an activating group) is 1. The average molecular weight is 414 g/mol. The zero-order chi connectivity index (χ0) is 21.2. The second kappa shape index (κ2) is 11.0. The molecule has 0 atom stereocenters. The Labute approximate surface area is 175 Å². The Morgan fingerprint density at radius 1 is 1.10 bits per heavy atom. The normalized spacial score (nSPS) is 13.3. The summed E-state index contributed by atoms with van der Waals surface area (Å²) in [5.74, 6) is 1.40. The number of aliphatic imine (C=N–C) groups is 1. The van der Waals surface area contributed by atoms with Crippen molar-refractivity contribution in [3.63, 3.8) is 0 Å². The van der Waals surface area contributed by atoms with Gasteiger partial charge in [-0.3, -0.25) is 4.79 Å². The number of carbonyl (C=O) groups is 1. The van der Waals surface area contributed by atoms with Crippen LogP contribution in [0.5, 0.6) is 11.5 Å². The standard InChI is InChI=1S/C22H27FN4O3/c1-2-24-21(28)15-26-22(25-10-9-16-5-3-6-17(23)13-16)27-18-7-8-19-20(14-18)30-12-4-11-29-19/h3,5-8,13-14H,2,4,9-12,15H2,1H3,(H,24,28)(H2,25,26,27). The van der Waals surface area contributed by atoms with E-state index in [-0.39, 0.29) is 18.3 Å². The van der Waals surface area contributed by atoms with Gasteiger partial charge in [0.05, 0.1) is 13.2 Å². The number of fused-ring (bicyclic) bond motifs is 1. The van der Waals surface area contributed by atoms with E-state index >= 15 is 0 Å². The van der Waals surface area contributed by atoms with Crippen LogP contribution in [0.15, 0.2) is 47.5 Å². The lowest BCUT2D eigenvalue weighted by molar-refractivity contribution is -0.119. The second-order valence-corrected chi connectivity index (χ2v) is 6.76. The van der Waals surface area contributed by atoms with E-state index < -0.39 is 0 Å². The van der Waals surface area contributed by atoms with Crippen molar-refractivity contribution in [2.45, 2.75) is 19.8 Å². The van der Waals surface area contributed by atoms with Crippen LogP contribution < -0.4 is 25.4 Å². The zero-order valence-corrected chi connectivity index (χ0v) is 17.0. The number of ether oxygens (including phenoxy) is 2. The van der Waals surface area contributed by atoms with Crippen LogP contribution in [0.3, 0.4) is 0 Å². The van der Waals surface area contributed by atoms with Gasteiger partial charge in [-0.1, -0.05) is 12.1 Å². The summed E-state index contributed by atoms with van der Waals surface area (Å²) in [6, 6.07) is 12.0. The van der Waals surface area contributed by atoms with Crippen molar-refractivity contribution >= 4 is 17.6 Å². The molecule has 0 radical (unpaired) electrons. The second-order valence-electron chi connectivity index (χ2n) is 6.76. The number of amides is 1. The number of nitrogens with one attached hydrogen (secondary N) is 3. The summed E-state index contributed by atoms with van der Waals surface area (Å²) in [6.45, 7) is 4.14. The van der Waals surface area contributed by atoms with Crippen LogP contribution >= 0.6 is 0 Å². The first-order valence-corrected chi connectivity index (χ1v) is 10.1. The monoisotopic (exact) mass is 414 g/mol. The number of anilines is 1. The van der Waals surface area contributed by atoms with Crippen molar-refractivity contribution in [1.82, 2.24) is 10.6 Å². The van der Waals surface area contributed by atoms with E-state index in [2.05, 4.69) is 20.9 Å². The smallest absolute Gasteiger partial charge is 0.241 e. The van der Waals surface area contributed by atoms with Gasteiger partial charge in [-0.05, 0) is 43.2 Å². The first-order valence-electron chi connectivity index (χ1n) is 10.1. The maximum atomic E-state index is 13.4. The molecule has 0 saturated heterocycles. The van der Waals surface area contributed by atoms with Crippen molar-refractivity contribution in [2.75, 3.05) is 38.2 Å². The molecule has 2 aromatic carbocycles. The lowest BCUT2D eigenvalue weighted by Gasteiger charge is -2.15. The van der Waals surface area contributed by atoms with Gasteiger partial charge >= 0.3 is 0 Å². The molecule has 30 heavy (non-hydrogen) atoms. The van der Waals surface area contributed by atoms with Crippen LogP contribution in [-0.2, 0) is 11.2 Å². The first kappa shape index (κ1) is 21.4. The van der Waals surface area contributed by atoms with E-state index in [1.165, 1.54) is 12.1 Å². The van der Waals surface area contributed by atoms with Crippen LogP contribution in [0.2, 0.25) is 0 Å².